The first-order chi connectivity index (χ1) is 34.9. The van der Waals surface area contributed by atoms with Crippen LogP contribution in [0.5, 0.6) is 0 Å². The third-order valence-corrected chi connectivity index (χ3v) is 15.5. The van der Waals surface area contributed by atoms with Crippen LogP contribution in [0, 0.1) is 52.4 Å². The molecule has 22 heteroatoms. The van der Waals surface area contributed by atoms with Crippen LogP contribution in [0.4, 0.5) is 5.69 Å². The smallest absolute Gasteiger partial charge is 0.423 e. The Labute approximate surface area is 462 Å². The standard InChI is InChI=1S/C14H13BN2O2S.C14H11BrN2S.C10H20B2O4.C7H6BrNO.C7H9NOS/c1-8-14(20-9(2)16-8)13-5-3-10-7-11(15(18)19)4-6-12(10)17-13;1-8-14(18-9(2)16-8)13-5-3-10-7-11(15)4-6-12(10)17-13;1-9(2)5-13-11(14-6-9)12-15-7-10(3,4)8-16-12;8-6-1-2-7(9)5(3-6)4-10;1-4-7(5(2)9)10-6(3)8-4/h3-7,18-19H,1-2H3;3-7H,1-2H3;5-8H2,1-4H3;1-4H,9H2;1-3H3. The molecule has 14 nitrogen and oxygen atoms in total. The van der Waals surface area contributed by atoms with Crippen LogP contribution in [0.15, 0.2) is 87.8 Å². The van der Waals surface area contributed by atoms with E-state index in [-0.39, 0.29) is 30.6 Å². The van der Waals surface area contributed by atoms with E-state index in [4.69, 9.17) is 29.3 Å². The fourth-order valence-electron chi connectivity index (χ4n) is 7.42. The molecule has 0 amide bonds. The molecule has 2 fully saturated rings. The molecule has 0 spiro atoms. The van der Waals surface area contributed by atoms with Gasteiger partial charge in [0.2, 0.25) is 0 Å². The van der Waals surface area contributed by atoms with Gasteiger partial charge in [-0.3, -0.25) is 9.59 Å². The number of fused-ring (bicyclic) bond motifs is 2. The van der Waals surface area contributed by atoms with Crippen molar-refractivity contribution in [3.05, 3.63) is 130 Å². The van der Waals surface area contributed by atoms with Gasteiger partial charge in [-0.1, -0.05) is 83.8 Å². The van der Waals surface area contributed by atoms with Crippen LogP contribution in [0.1, 0.15) is 86.8 Å². The highest BCUT2D eigenvalue weighted by Crippen LogP contribution is 2.32. The number of carbonyl (C=O) groups excluding carboxylic acids is 2. The minimum atomic E-state index is -1.45. The van der Waals surface area contributed by atoms with Gasteiger partial charge in [0.05, 0.1) is 69.2 Å². The Kier molecular flexibility index (Phi) is 20.6. The van der Waals surface area contributed by atoms with E-state index in [0.717, 1.165) is 95.2 Å². The second-order valence-corrected chi connectivity index (χ2v) is 24.7. The van der Waals surface area contributed by atoms with Crippen molar-refractivity contribution < 1.29 is 38.3 Å². The monoisotopic (exact) mass is 1180 g/mol. The number of aldehydes is 1. The van der Waals surface area contributed by atoms with Crippen LogP contribution in [0.3, 0.4) is 0 Å². The number of nitrogens with zero attached hydrogens (tertiary/aromatic N) is 5. The SMILES string of the molecule is CC(=O)c1sc(C)nc1C.CC1(C)COB(B2OCC(C)(C)CO2)OC1.Cc1nc(C)c(-c2ccc3cc(B(O)O)ccc3n2)s1.Cc1nc(C)c(-c2ccc3cc(Br)ccc3n2)s1.Nc1ccc(Br)cc1C=O. The van der Waals surface area contributed by atoms with Crippen molar-refractivity contribution in [3.63, 3.8) is 0 Å². The van der Waals surface area contributed by atoms with E-state index in [0.29, 0.717) is 43.1 Å². The number of aryl methyl sites for hydroxylation is 6. The largest absolute Gasteiger partial charge is 0.488 e. The summed E-state index contributed by atoms with van der Waals surface area (Å²) in [5.74, 6) is 0.114. The van der Waals surface area contributed by atoms with Crippen molar-refractivity contribution in [2.24, 2.45) is 10.8 Å². The first-order valence-corrected chi connectivity index (χ1v) is 27.6. The van der Waals surface area contributed by atoms with Crippen LogP contribution in [0.2, 0.25) is 0 Å². The molecule has 2 aliphatic heterocycles. The summed E-state index contributed by atoms with van der Waals surface area (Å²) in [7, 11) is -2.20. The minimum absolute atomic E-state index is 0.0877. The van der Waals surface area contributed by atoms with Crippen molar-refractivity contribution in [1.29, 1.82) is 0 Å². The summed E-state index contributed by atoms with van der Waals surface area (Å²) >= 11 is 11.5. The number of rotatable bonds is 6. The van der Waals surface area contributed by atoms with Crippen LogP contribution < -0.4 is 11.2 Å². The van der Waals surface area contributed by atoms with Crippen LogP contribution in [-0.2, 0) is 18.6 Å². The number of aromatic nitrogens is 5. The fraction of sp³-hybridized carbons (Fsp3) is 0.327. The highest BCUT2D eigenvalue weighted by Gasteiger charge is 2.47. The summed E-state index contributed by atoms with van der Waals surface area (Å²) in [6, 6.07) is 24.6. The third kappa shape index (κ3) is 16.5. The quantitative estimate of drug-likeness (QED) is 0.0614. The first kappa shape index (κ1) is 58.7. The van der Waals surface area contributed by atoms with Crippen molar-refractivity contribution >= 4 is 132 Å². The number of pyridine rings is 2. The number of nitrogen functional groups attached to an aromatic ring is 1. The molecular weight excluding hydrogens is 1130 g/mol. The minimum Gasteiger partial charge on any atom is -0.423 e. The lowest BCUT2D eigenvalue weighted by atomic mass is 9.47. The number of hydrogen-bond donors (Lipinski definition) is 3. The zero-order chi connectivity index (χ0) is 54.1. The Morgan fingerprint density at radius 3 is 1.45 bits per heavy atom. The van der Waals surface area contributed by atoms with Crippen LogP contribution in [0.25, 0.3) is 42.9 Å². The number of thiazole rings is 3. The number of hydrogen-bond acceptors (Lipinski definition) is 17. The lowest BCUT2D eigenvalue weighted by Crippen LogP contribution is -2.56. The number of ketones is 1. The zero-order valence-electron chi connectivity index (χ0n) is 43.3. The number of halogens is 2. The lowest BCUT2D eigenvalue weighted by Gasteiger charge is -2.38. The molecule has 0 aliphatic carbocycles. The Bertz CT molecular complexity index is 3200. The molecular formula is C52H59B3Br2N6O8S3. The summed E-state index contributed by atoms with van der Waals surface area (Å²) in [6.45, 7) is 24.6. The average Bonchev–Trinajstić information content (AvgIpc) is 4.01. The highest BCUT2D eigenvalue weighted by molar-refractivity contribution is 9.10. The Morgan fingerprint density at radius 1 is 0.622 bits per heavy atom. The Balaban J connectivity index is 0.000000155. The van der Waals surface area contributed by atoms with E-state index < -0.39 is 7.12 Å². The van der Waals surface area contributed by atoms with Crippen molar-refractivity contribution in [1.82, 2.24) is 24.9 Å². The van der Waals surface area contributed by atoms with E-state index in [2.05, 4.69) is 97.7 Å². The molecule has 0 saturated carbocycles. The number of carbonyl (C=O) groups is 2. The molecule has 5 aromatic heterocycles. The molecule has 74 heavy (non-hydrogen) atoms. The fourth-order valence-corrected chi connectivity index (χ4v) is 10.8. The maximum Gasteiger partial charge on any atom is 0.488 e. The molecule has 386 valence electrons. The summed E-state index contributed by atoms with van der Waals surface area (Å²) < 4.78 is 24.5. The van der Waals surface area contributed by atoms with Crippen LogP contribution in [-0.4, -0.2) is 94.6 Å². The lowest BCUT2D eigenvalue weighted by molar-refractivity contribution is 0.00624. The third-order valence-electron chi connectivity index (χ3n) is 11.1. The summed E-state index contributed by atoms with van der Waals surface area (Å²) in [5.41, 5.74) is 13.8. The van der Waals surface area contributed by atoms with Gasteiger partial charge in [0.15, 0.2) is 12.1 Å². The van der Waals surface area contributed by atoms with Gasteiger partial charge in [-0.2, -0.15) is 0 Å². The first-order valence-electron chi connectivity index (χ1n) is 23.5. The van der Waals surface area contributed by atoms with Crippen molar-refractivity contribution in [3.8, 4) is 21.1 Å². The van der Waals surface area contributed by atoms with Gasteiger partial charge in [-0.05, 0) is 107 Å². The molecule has 4 N–H and O–H groups in total. The van der Waals surface area contributed by atoms with Gasteiger partial charge in [-0.25, -0.2) is 24.9 Å². The molecule has 7 heterocycles. The normalized spacial score (nSPS) is 14.6. The summed E-state index contributed by atoms with van der Waals surface area (Å²) in [6.07, 6.45) is 0.736. The van der Waals surface area contributed by atoms with E-state index in [9.17, 15) is 19.6 Å². The predicted molar refractivity (Wildman–Crippen MR) is 311 cm³/mol. The maximum atomic E-state index is 10.8. The number of nitrogens with two attached hydrogens (primary N) is 1. The number of anilines is 1. The summed E-state index contributed by atoms with van der Waals surface area (Å²) in [5, 5.41) is 23.5. The van der Waals surface area contributed by atoms with E-state index >= 15 is 0 Å². The van der Waals surface area contributed by atoms with Crippen LogP contribution >= 0.6 is 65.9 Å². The van der Waals surface area contributed by atoms with Crippen molar-refractivity contribution in [2.75, 3.05) is 32.2 Å². The molecule has 0 atom stereocenters. The summed E-state index contributed by atoms with van der Waals surface area (Å²) in [4.78, 5) is 46.5. The van der Waals surface area contributed by atoms with Gasteiger partial charge >= 0.3 is 21.1 Å². The Morgan fingerprint density at radius 2 is 1.05 bits per heavy atom. The highest BCUT2D eigenvalue weighted by atomic mass is 79.9. The molecule has 10 rings (SSSR count). The second-order valence-electron chi connectivity index (χ2n) is 19.3. The predicted octanol–water partition coefficient (Wildman–Crippen LogP) is 11.4. The topological polar surface area (TPSA) is 202 Å². The van der Waals surface area contributed by atoms with Gasteiger partial charge in [0, 0.05) is 69.8 Å². The zero-order valence-corrected chi connectivity index (χ0v) is 48.9. The molecule has 2 aliphatic rings. The molecule has 3 aromatic carbocycles. The second kappa shape index (κ2) is 26.0. The molecule has 8 aromatic rings. The van der Waals surface area contributed by atoms with Gasteiger partial charge in [0.1, 0.15) is 0 Å². The van der Waals surface area contributed by atoms with Gasteiger partial charge in [-0.15, -0.1) is 34.0 Å². The molecule has 0 unspecified atom stereocenters. The molecule has 2 saturated heterocycles. The van der Waals surface area contributed by atoms with Crippen molar-refractivity contribution in [2.45, 2.75) is 76.2 Å². The van der Waals surface area contributed by atoms with E-state index in [1.165, 1.54) is 11.3 Å². The molecule has 0 bridgehead atoms. The molecule has 0 radical (unpaired) electrons. The van der Waals surface area contributed by atoms with E-state index in [1.807, 2.05) is 65.8 Å². The maximum absolute atomic E-state index is 10.8. The Hall–Kier alpha value is -4.58. The van der Waals surface area contributed by atoms with E-state index in [1.54, 1.807) is 66.0 Å². The van der Waals surface area contributed by atoms with Gasteiger partial charge in [0.25, 0.3) is 0 Å². The number of benzene rings is 3. The number of Topliss-reactive ketones (excluding diaryl/α,β-unsaturated/α-hetero) is 1. The average molecular weight is 1180 g/mol. The van der Waals surface area contributed by atoms with Gasteiger partial charge < -0.3 is 34.4 Å².